The Bertz CT molecular complexity index is 1240. The molecule has 0 saturated heterocycles. The number of hydrogen-bond acceptors (Lipinski definition) is 5. The largest absolute Gasteiger partial charge is 0.604 e. The fraction of sp³-hybridized carbons (Fsp3) is 0.657. The summed E-state index contributed by atoms with van der Waals surface area (Å²) in [6.45, 7) is 18.2. The van der Waals surface area contributed by atoms with Crippen LogP contribution in [-0.4, -0.2) is 0 Å². The second-order valence-corrected chi connectivity index (χ2v) is 17.1. The molecule has 41 heavy (non-hydrogen) atoms. The zero-order valence-corrected chi connectivity index (χ0v) is 27.6. The highest BCUT2D eigenvalue weighted by atomic mass is 31.2. The fourth-order valence-corrected chi connectivity index (χ4v) is 8.31. The van der Waals surface area contributed by atoms with E-state index in [0.717, 1.165) is 47.9 Å². The summed E-state index contributed by atoms with van der Waals surface area (Å²) in [4.78, 5) is 0. The van der Waals surface area contributed by atoms with Crippen LogP contribution in [0.1, 0.15) is 153 Å². The molecule has 0 unspecified atom stereocenters. The molecule has 0 amide bonds. The third-order valence-corrected chi connectivity index (χ3v) is 11.3. The van der Waals surface area contributed by atoms with Gasteiger partial charge < -0.3 is 9.05 Å². The maximum Gasteiger partial charge on any atom is 0.604 e. The molecule has 0 atom stereocenters. The molecule has 0 radical (unpaired) electrons. The number of rotatable bonds is 3. The van der Waals surface area contributed by atoms with Crippen LogP contribution < -0.4 is 14.9 Å². The summed E-state index contributed by atoms with van der Waals surface area (Å²) in [5.74, 6) is 7.05. The van der Waals surface area contributed by atoms with Crippen molar-refractivity contribution in [1.29, 1.82) is 0 Å². The smallest absolute Gasteiger partial charge is 0.394 e. The van der Waals surface area contributed by atoms with Crippen LogP contribution in [0, 0.1) is 0 Å². The Balaban J connectivity index is 1.80. The first-order valence-electron chi connectivity index (χ1n) is 15.8. The van der Waals surface area contributed by atoms with E-state index in [2.05, 4.69) is 79.7 Å². The molecule has 6 heteroatoms. The standard InChI is InChI=1S/C35H52NO4P/c1-32(2,3)26-20-24-19-25-21-27(33(4,5)6)23-29(35(8)17-13-10-14-18-35)31(25)39-41(37,40-36)38-30(24)28(22-26)34(7)15-11-9-12-16-34/h20-23H,9-19,36H2,1-8H3. The van der Waals surface area contributed by atoms with Crippen LogP contribution in [0.3, 0.4) is 0 Å². The van der Waals surface area contributed by atoms with Gasteiger partial charge in [-0.25, -0.2) is 10.5 Å². The quantitative estimate of drug-likeness (QED) is 0.288. The number of fused-ring (bicyclic) bond motifs is 2. The van der Waals surface area contributed by atoms with E-state index in [4.69, 9.17) is 19.6 Å². The molecule has 1 aliphatic heterocycles. The minimum absolute atomic E-state index is 0.0570. The maximum absolute atomic E-state index is 14.4. The predicted octanol–water partition coefficient (Wildman–Crippen LogP) is 10.1. The van der Waals surface area contributed by atoms with E-state index in [1.165, 1.54) is 49.7 Å². The van der Waals surface area contributed by atoms with E-state index in [0.29, 0.717) is 17.9 Å². The summed E-state index contributed by atoms with van der Waals surface area (Å²) in [7, 11) is -4.18. The summed E-state index contributed by atoms with van der Waals surface area (Å²) >= 11 is 0. The van der Waals surface area contributed by atoms with Crippen molar-refractivity contribution in [2.24, 2.45) is 5.90 Å². The molecule has 0 spiro atoms. The molecule has 3 aliphatic rings. The highest BCUT2D eigenvalue weighted by molar-refractivity contribution is 7.49. The minimum Gasteiger partial charge on any atom is -0.394 e. The molecule has 2 aromatic rings. The summed E-state index contributed by atoms with van der Waals surface area (Å²) in [6, 6.07) is 9.08. The van der Waals surface area contributed by atoms with Crippen LogP contribution in [0.25, 0.3) is 0 Å². The summed E-state index contributed by atoms with van der Waals surface area (Å²) in [6.07, 6.45) is 12.1. The molecule has 0 bridgehead atoms. The van der Waals surface area contributed by atoms with Gasteiger partial charge in [0.25, 0.3) is 0 Å². The number of phosphoric ester groups is 1. The van der Waals surface area contributed by atoms with Crippen molar-refractivity contribution in [3.05, 3.63) is 57.6 Å². The van der Waals surface area contributed by atoms with Gasteiger partial charge in [0.05, 0.1) is 0 Å². The minimum atomic E-state index is -4.18. The molecular formula is C35H52NO4P. The van der Waals surface area contributed by atoms with Crippen LogP contribution in [0.5, 0.6) is 11.5 Å². The van der Waals surface area contributed by atoms with Crippen molar-refractivity contribution in [2.75, 3.05) is 0 Å². The number of nitrogens with two attached hydrogens (primary N) is 1. The van der Waals surface area contributed by atoms with Crippen molar-refractivity contribution < 1.29 is 18.2 Å². The Kier molecular flexibility index (Phi) is 8.01. The van der Waals surface area contributed by atoms with E-state index in [1.54, 1.807) is 0 Å². The van der Waals surface area contributed by atoms with E-state index in [-0.39, 0.29) is 21.7 Å². The predicted molar refractivity (Wildman–Crippen MR) is 168 cm³/mol. The maximum atomic E-state index is 14.4. The van der Waals surface area contributed by atoms with Crippen molar-refractivity contribution >= 4 is 7.82 Å². The normalized spacial score (nSPS) is 21.9. The third-order valence-electron chi connectivity index (χ3n) is 10.2. The van der Waals surface area contributed by atoms with Gasteiger partial charge in [-0.3, -0.25) is 0 Å². The zero-order valence-electron chi connectivity index (χ0n) is 26.7. The number of hydrogen-bond donors (Lipinski definition) is 1. The lowest BCUT2D eigenvalue weighted by Gasteiger charge is -2.39. The molecule has 5 rings (SSSR count). The average Bonchev–Trinajstić information content (AvgIpc) is 2.88. The van der Waals surface area contributed by atoms with Gasteiger partial charge in [0.15, 0.2) is 0 Å². The summed E-state index contributed by atoms with van der Waals surface area (Å²) in [5, 5.41) is 0. The Labute approximate surface area is 248 Å². The van der Waals surface area contributed by atoms with E-state index < -0.39 is 7.82 Å². The van der Waals surface area contributed by atoms with Crippen LogP contribution in [0.4, 0.5) is 0 Å². The van der Waals surface area contributed by atoms with Gasteiger partial charge in [0.1, 0.15) is 11.5 Å². The Morgan fingerprint density at radius 2 is 1.05 bits per heavy atom. The summed E-state index contributed by atoms with van der Waals surface area (Å²) < 4.78 is 32.3. The topological polar surface area (TPSA) is 70.8 Å². The van der Waals surface area contributed by atoms with E-state index >= 15 is 0 Å². The molecule has 5 nitrogen and oxygen atoms in total. The van der Waals surface area contributed by atoms with Crippen LogP contribution in [0.2, 0.25) is 0 Å². The lowest BCUT2D eigenvalue weighted by Crippen LogP contribution is -2.29. The molecule has 1 heterocycles. The second-order valence-electron chi connectivity index (χ2n) is 15.7. The zero-order chi connectivity index (χ0) is 29.8. The van der Waals surface area contributed by atoms with Crippen molar-refractivity contribution in [1.82, 2.24) is 0 Å². The van der Waals surface area contributed by atoms with Crippen LogP contribution in [0.15, 0.2) is 24.3 Å². The van der Waals surface area contributed by atoms with Crippen molar-refractivity contribution in [3.8, 4) is 11.5 Å². The van der Waals surface area contributed by atoms with E-state index in [1.807, 2.05) is 0 Å². The molecule has 0 aromatic heterocycles. The van der Waals surface area contributed by atoms with Gasteiger partial charge in [0, 0.05) is 17.5 Å². The number of benzene rings is 2. The lowest BCUT2D eigenvalue weighted by atomic mass is 9.68. The SMILES string of the molecule is CC(C)(C)c1cc2c(c(C3(C)CCCCC3)c1)OP(=O)(ON)Oc1c(cc(C(C)(C)C)cc1C1(C)CCCCC1)C2. The fourth-order valence-electron chi connectivity index (χ4n) is 7.31. The molecule has 2 saturated carbocycles. The van der Waals surface area contributed by atoms with Crippen LogP contribution >= 0.6 is 7.82 Å². The van der Waals surface area contributed by atoms with Gasteiger partial charge >= 0.3 is 7.82 Å². The molecule has 2 aromatic carbocycles. The van der Waals surface area contributed by atoms with Crippen molar-refractivity contribution in [3.63, 3.8) is 0 Å². The Hall–Kier alpha value is -1.81. The molecule has 2 N–H and O–H groups in total. The van der Waals surface area contributed by atoms with Gasteiger partial charge in [0.2, 0.25) is 0 Å². The van der Waals surface area contributed by atoms with Crippen molar-refractivity contribution in [2.45, 2.75) is 148 Å². The second kappa shape index (κ2) is 10.7. The first-order chi connectivity index (χ1) is 19.1. The number of phosphoric acid groups is 1. The Morgan fingerprint density at radius 1 is 0.683 bits per heavy atom. The third kappa shape index (κ3) is 6.01. The lowest BCUT2D eigenvalue weighted by molar-refractivity contribution is 0.206. The van der Waals surface area contributed by atoms with Gasteiger partial charge in [-0.2, -0.15) is 4.62 Å². The summed E-state index contributed by atoms with van der Waals surface area (Å²) in [5.41, 5.74) is 6.53. The average molecular weight is 582 g/mol. The molecular weight excluding hydrogens is 529 g/mol. The molecule has 2 fully saturated rings. The molecule has 226 valence electrons. The first-order valence-corrected chi connectivity index (χ1v) is 17.3. The monoisotopic (exact) mass is 581 g/mol. The Morgan fingerprint density at radius 3 is 1.37 bits per heavy atom. The van der Waals surface area contributed by atoms with Gasteiger partial charge in [-0.1, -0.05) is 118 Å². The van der Waals surface area contributed by atoms with Gasteiger partial charge in [-0.15, -0.1) is 0 Å². The highest BCUT2D eigenvalue weighted by Crippen LogP contribution is 2.58. The first kappa shape index (κ1) is 30.6. The van der Waals surface area contributed by atoms with Gasteiger partial charge in [-0.05, 0) is 69.6 Å². The highest BCUT2D eigenvalue weighted by Gasteiger charge is 2.43. The van der Waals surface area contributed by atoms with E-state index in [9.17, 15) is 4.57 Å². The van der Waals surface area contributed by atoms with Crippen LogP contribution in [-0.2, 0) is 37.3 Å². The molecule has 2 aliphatic carbocycles.